The van der Waals surface area contributed by atoms with Crippen LogP contribution in [-0.4, -0.2) is 25.2 Å². The molecule has 1 aromatic carbocycles. The van der Waals surface area contributed by atoms with E-state index < -0.39 is 0 Å². The molecule has 0 heterocycles. The van der Waals surface area contributed by atoms with E-state index >= 15 is 0 Å². The molecule has 1 rings (SSSR count). The molecular weight excluding hydrogens is 256 g/mol. The fourth-order valence-corrected chi connectivity index (χ4v) is 1.64. The number of carbonyl (C=O) groups is 1. The lowest BCUT2D eigenvalue weighted by Crippen LogP contribution is -2.35. The Labute approximate surface area is 120 Å². The first-order chi connectivity index (χ1) is 9.33. The quantitative estimate of drug-likeness (QED) is 0.799. The summed E-state index contributed by atoms with van der Waals surface area (Å²) < 4.78 is 11.0. The predicted molar refractivity (Wildman–Crippen MR) is 78.9 cm³/mol. The van der Waals surface area contributed by atoms with Gasteiger partial charge in [0.1, 0.15) is 0 Å². The Morgan fingerprint density at radius 3 is 2.60 bits per heavy atom. The molecule has 0 aliphatic heterocycles. The summed E-state index contributed by atoms with van der Waals surface area (Å²) in [5.41, 5.74) is 6.12. The maximum absolute atomic E-state index is 10.8. The summed E-state index contributed by atoms with van der Waals surface area (Å²) in [6.45, 7) is 7.20. The average molecular weight is 280 g/mol. The highest BCUT2D eigenvalue weighted by Gasteiger charge is 2.14. The number of primary amides is 1. The van der Waals surface area contributed by atoms with Crippen LogP contribution in [0.2, 0.25) is 0 Å². The van der Waals surface area contributed by atoms with E-state index in [2.05, 4.69) is 26.1 Å². The van der Waals surface area contributed by atoms with Crippen molar-refractivity contribution in [3.05, 3.63) is 23.8 Å². The number of hydrogen-bond acceptors (Lipinski definition) is 4. The molecule has 0 saturated heterocycles. The Kier molecular flexibility index (Phi) is 5.82. The Morgan fingerprint density at radius 2 is 2.05 bits per heavy atom. The van der Waals surface area contributed by atoms with E-state index in [4.69, 9.17) is 15.2 Å². The third kappa shape index (κ3) is 5.48. The van der Waals surface area contributed by atoms with Gasteiger partial charge in [-0.3, -0.25) is 4.79 Å². The van der Waals surface area contributed by atoms with E-state index in [1.54, 1.807) is 7.11 Å². The number of rotatable bonds is 7. The molecule has 0 unspecified atom stereocenters. The van der Waals surface area contributed by atoms with E-state index in [-0.39, 0.29) is 24.5 Å². The van der Waals surface area contributed by atoms with Gasteiger partial charge in [-0.2, -0.15) is 0 Å². The summed E-state index contributed by atoms with van der Waals surface area (Å²) in [6, 6.07) is 5.72. The summed E-state index contributed by atoms with van der Waals surface area (Å²) in [6.07, 6.45) is 0.185. The number of carbonyl (C=O) groups excluding carboxylic acids is 1. The Balaban J connectivity index is 2.83. The highest BCUT2D eigenvalue weighted by molar-refractivity contribution is 5.73. The maximum Gasteiger partial charge on any atom is 0.220 e. The monoisotopic (exact) mass is 280 g/mol. The van der Waals surface area contributed by atoms with Crippen molar-refractivity contribution in [3.63, 3.8) is 0 Å². The lowest BCUT2D eigenvalue weighted by atomic mass is 10.1. The van der Waals surface area contributed by atoms with Crippen molar-refractivity contribution in [3.8, 4) is 11.5 Å². The molecule has 0 saturated carbocycles. The van der Waals surface area contributed by atoms with Gasteiger partial charge in [-0.25, -0.2) is 0 Å². The van der Waals surface area contributed by atoms with Crippen LogP contribution in [0.4, 0.5) is 0 Å². The molecule has 20 heavy (non-hydrogen) atoms. The van der Waals surface area contributed by atoms with Gasteiger partial charge in [0.05, 0.1) is 20.1 Å². The number of nitrogens with one attached hydrogen (secondary N) is 1. The molecule has 112 valence electrons. The number of para-hydroxylation sites is 1. The summed E-state index contributed by atoms with van der Waals surface area (Å²) in [4.78, 5) is 10.8. The summed E-state index contributed by atoms with van der Waals surface area (Å²) in [5.74, 6) is 0.935. The van der Waals surface area contributed by atoms with Crippen LogP contribution in [0.5, 0.6) is 11.5 Å². The van der Waals surface area contributed by atoms with Gasteiger partial charge in [0, 0.05) is 17.6 Å². The molecule has 1 aromatic rings. The van der Waals surface area contributed by atoms with E-state index in [0.29, 0.717) is 18.0 Å². The maximum atomic E-state index is 10.8. The van der Waals surface area contributed by atoms with Crippen LogP contribution in [0.15, 0.2) is 18.2 Å². The molecule has 0 aliphatic rings. The highest BCUT2D eigenvalue weighted by atomic mass is 16.5. The van der Waals surface area contributed by atoms with Crippen molar-refractivity contribution in [2.24, 2.45) is 5.73 Å². The van der Waals surface area contributed by atoms with Crippen LogP contribution in [0.3, 0.4) is 0 Å². The summed E-state index contributed by atoms with van der Waals surface area (Å²) in [5, 5.41) is 3.40. The van der Waals surface area contributed by atoms with E-state index in [1.807, 2.05) is 18.2 Å². The van der Waals surface area contributed by atoms with Gasteiger partial charge in [-0.15, -0.1) is 0 Å². The molecule has 0 fully saturated rings. The fraction of sp³-hybridized carbons (Fsp3) is 0.533. The number of benzene rings is 1. The van der Waals surface area contributed by atoms with Gasteiger partial charge in [-0.1, -0.05) is 12.1 Å². The van der Waals surface area contributed by atoms with E-state index in [1.165, 1.54) is 0 Å². The molecular formula is C15H24N2O3. The molecule has 0 aromatic heterocycles. The Morgan fingerprint density at radius 1 is 1.35 bits per heavy atom. The third-order valence-electron chi connectivity index (χ3n) is 2.68. The van der Waals surface area contributed by atoms with Gasteiger partial charge in [-0.05, 0) is 26.8 Å². The SMILES string of the molecule is COc1cccc(CNC(C)(C)C)c1OCCC(N)=O. The molecule has 0 aliphatic carbocycles. The van der Waals surface area contributed by atoms with Gasteiger partial charge in [0.15, 0.2) is 11.5 Å². The molecule has 0 bridgehead atoms. The second-order valence-electron chi connectivity index (χ2n) is 5.62. The molecule has 1 amide bonds. The van der Waals surface area contributed by atoms with Gasteiger partial charge >= 0.3 is 0 Å². The van der Waals surface area contributed by atoms with Crippen LogP contribution < -0.4 is 20.5 Å². The third-order valence-corrected chi connectivity index (χ3v) is 2.68. The highest BCUT2D eigenvalue weighted by Crippen LogP contribution is 2.31. The number of methoxy groups -OCH3 is 1. The van der Waals surface area contributed by atoms with Crippen molar-refractivity contribution >= 4 is 5.91 Å². The van der Waals surface area contributed by atoms with Crippen LogP contribution in [-0.2, 0) is 11.3 Å². The average Bonchev–Trinajstić information content (AvgIpc) is 2.35. The lowest BCUT2D eigenvalue weighted by Gasteiger charge is -2.22. The molecule has 5 heteroatoms. The van der Waals surface area contributed by atoms with Crippen molar-refractivity contribution in [1.82, 2.24) is 5.32 Å². The zero-order valence-electron chi connectivity index (χ0n) is 12.7. The van der Waals surface area contributed by atoms with Crippen LogP contribution >= 0.6 is 0 Å². The second kappa shape index (κ2) is 7.14. The standard InChI is InChI=1S/C15H24N2O3/c1-15(2,3)17-10-11-6-5-7-12(19-4)14(11)20-9-8-13(16)18/h5-7,17H,8-10H2,1-4H3,(H2,16,18). The number of ether oxygens (including phenoxy) is 2. The summed E-state index contributed by atoms with van der Waals surface area (Å²) in [7, 11) is 1.59. The normalized spacial score (nSPS) is 11.2. The minimum Gasteiger partial charge on any atom is -0.493 e. The van der Waals surface area contributed by atoms with Gasteiger partial charge in [0.2, 0.25) is 5.91 Å². The first-order valence-corrected chi connectivity index (χ1v) is 6.65. The van der Waals surface area contributed by atoms with Gasteiger partial charge in [0.25, 0.3) is 0 Å². The second-order valence-corrected chi connectivity index (χ2v) is 5.62. The zero-order chi connectivity index (χ0) is 15.2. The Bertz CT molecular complexity index is 453. The Hall–Kier alpha value is -1.75. The summed E-state index contributed by atoms with van der Waals surface area (Å²) >= 11 is 0. The van der Waals surface area contributed by atoms with Crippen LogP contribution in [0.25, 0.3) is 0 Å². The number of hydrogen-bond donors (Lipinski definition) is 2. The predicted octanol–water partition coefficient (Wildman–Crippen LogP) is 1.84. The van der Waals surface area contributed by atoms with E-state index in [9.17, 15) is 4.79 Å². The van der Waals surface area contributed by atoms with Crippen molar-refractivity contribution in [2.75, 3.05) is 13.7 Å². The first kappa shape index (κ1) is 16.3. The first-order valence-electron chi connectivity index (χ1n) is 6.65. The molecule has 5 nitrogen and oxygen atoms in total. The number of nitrogens with two attached hydrogens (primary N) is 1. The minimum atomic E-state index is -0.380. The lowest BCUT2D eigenvalue weighted by molar-refractivity contribution is -0.118. The minimum absolute atomic E-state index is 0.00751. The largest absolute Gasteiger partial charge is 0.493 e. The van der Waals surface area contributed by atoms with E-state index in [0.717, 1.165) is 5.56 Å². The van der Waals surface area contributed by atoms with Gasteiger partial charge < -0.3 is 20.5 Å². The molecule has 0 atom stereocenters. The molecule has 3 N–H and O–H groups in total. The molecule has 0 radical (unpaired) electrons. The smallest absolute Gasteiger partial charge is 0.220 e. The van der Waals surface area contributed by atoms with Crippen molar-refractivity contribution < 1.29 is 14.3 Å². The van der Waals surface area contributed by atoms with Crippen molar-refractivity contribution in [1.29, 1.82) is 0 Å². The van der Waals surface area contributed by atoms with Crippen molar-refractivity contribution in [2.45, 2.75) is 39.3 Å². The topological polar surface area (TPSA) is 73.6 Å². The van der Waals surface area contributed by atoms with Crippen LogP contribution in [0.1, 0.15) is 32.8 Å². The fourth-order valence-electron chi connectivity index (χ4n) is 1.64. The number of amides is 1. The van der Waals surface area contributed by atoms with Crippen LogP contribution in [0, 0.1) is 0 Å². The molecule has 0 spiro atoms. The zero-order valence-corrected chi connectivity index (χ0v) is 12.7.